The Balaban J connectivity index is 2.11. The van der Waals surface area contributed by atoms with Crippen LogP contribution in [-0.4, -0.2) is 17.5 Å². The second kappa shape index (κ2) is 4.77. The molecule has 2 heteroatoms. The summed E-state index contributed by atoms with van der Waals surface area (Å²) in [5.74, 6) is 0.293. The van der Waals surface area contributed by atoms with Crippen LogP contribution in [0.25, 0.3) is 0 Å². The van der Waals surface area contributed by atoms with Gasteiger partial charge in [0.05, 0.1) is 6.10 Å². The van der Waals surface area contributed by atoms with Gasteiger partial charge in [-0.05, 0) is 26.2 Å². The summed E-state index contributed by atoms with van der Waals surface area (Å²) in [5.41, 5.74) is 1.29. The molecule has 1 saturated heterocycles. The van der Waals surface area contributed by atoms with Gasteiger partial charge in [-0.15, -0.1) is 0 Å². The Morgan fingerprint density at radius 3 is 3.13 bits per heavy atom. The molecule has 2 aliphatic rings. The lowest BCUT2D eigenvalue weighted by atomic mass is 9.98. The molecule has 82 valence electrons. The van der Waals surface area contributed by atoms with Crippen LogP contribution in [0.2, 0.25) is 0 Å². The van der Waals surface area contributed by atoms with Crippen LogP contribution in [0, 0.1) is 5.92 Å². The molecule has 0 spiro atoms. The van der Waals surface area contributed by atoms with Crippen molar-refractivity contribution in [1.82, 2.24) is 0 Å². The standard InChI is InChI=1S/C13H18O2/c1-10-5-2-3-8-12-9-11(7-4-6-10)13(14)15-12/h2-3,5-6,8,11-14H,4,7,9H2,1H3/t11?,12-,13?/m1/s1. The lowest BCUT2D eigenvalue weighted by Gasteiger charge is -2.10. The number of hydrogen-bond acceptors (Lipinski definition) is 2. The Morgan fingerprint density at radius 1 is 1.40 bits per heavy atom. The van der Waals surface area contributed by atoms with Crippen molar-refractivity contribution < 1.29 is 9.84 Å². The Bertz CT molecular complexity index is 302. The SMILES string of the molecule is CC1=CCCC2C[C@@H](C=CC=C1)OC2O. The van der Waals surface area contributed by atoms with E-state index in [9.17, 15) is 5.11 Å². The van der Waals surface area contributed by atoms with Crippen LogP contribution in [-0.2, 0) is 4.74 Å². The molecule has 1 aliphatic carbocycles. The fourth-order valence-electron chi connectivity index (χ4n) is 2.13. The van der Waals surface area contributed by atoms with E-state index in [1.807, 2.05) is 18.2 Å². The number of allylic oxidation sites excluding steroid dienone is 5. The first-order valence-electron chi connectivity index (χ1n) is 5.61. The van der Waals surface area contributed by atoms with Gasteiger partial charge in [0.1, 0.15) is 0 Å². The van der Waals surface area contributed by atoms with Crippen LogP contribution >= 0.6 is 0 Å². The Labute approximate surface area is 90.9 Å². The first kappa shape index (κ1) is 10.7. The predicted molar refractivity (Wildman–Crippen MR) is 60.3 cm³/mol. The van der Waals surface area contributed by atoms with Gasteiger partial charge in [-0.25, -0.2) is 0 Å². The van der Waals surface area contributed by atoms with Gasteiger partial charge in [0.25, 0.3) is 0 Å². The molecule has 0 amide bonds. The number of hydrogen-bond donors (Lipinski definition) is 1. The quantitative estimate of drug-likeness (QED) is 0.660. The van der Waals surface area contributed by atoms with Crippen molar-refractivity contribution >= 4 is 0 Å². The fraction of sp³-hybridized carbons (Fsp3) is 0.538. The maximum atomic E-state index is 9.67. The molecule has 0 aromatic rings. The van der Waals surface area contributed by atoms with E-state index in [1.165, 1.54) is 5.57 Å². The monoisotopic (exact) mass is 206 g/mol. The molecule has 1 N–H and O–H groups in total. The first-order valence-corrected chi connectivity index (χ1v) is 5.61. The zero-order chi connectivity index (χ0) is 10.7. The summed E-state index contributed by atoms with van der Waals surface area (Å²) in [6.45, 7) is 2.10. The number of aliphatic hydroxyl groups excluding tert-OH is 1. The molecule has 1 fully saturated rings. The number of rotatable bonds is 0. The number of aliphatic hydroxyl groups is 1. The summed E-state index contributed by atoms with van der Waals surface area (Å²) in [7, 11) is 0. The zero-order valence-electron chi connectivity index (χ0n) is 9.10. The third-order valence-corrected chi connectivity index (χ3v) is 3.05. The third kappa shape index (κ3) is 2.80. The van der Waals surface area contributed by atoms with Gasteiger partial charge < -0.3 is 9.84 Å². The van der Waals surface area contributed by atoms with Crippen LogP contribution in [0.3, 0.4) is 0 Å². The number of ether oxygens (including phenoxy) is 1. The Kier molecular flexibility index (Phi) is 3.39. The highest BCUT2D eigenvalue weighted by atomic mass is 16.6. The van der Waals surface area contributed by atoms with Gasteiger partial charge in [-0.1, -0.05) is 36.0 Å². The van der Waals surface area contributed by atoms with Crippen molar-refractivity contribution in [2.75, 3.05) is 0 Å². The fourth-order valence-corrected chi connectivity index (χ4v) is 2.13. The summed E-state index contributed by atoms with van der Waals surface area (Å²) in [6, 6.07) is 0. The maximum Gasteiger partial charge on any atom is 0.158 e. The van der Waals surface area contributed by atoms with E-state index in [-0.39, 0.29) is 6.10 Å². The number of fused-ring (bicyclic) bond motifs is 2. The minimum Gasteiger partial charge on any atom is -0.368 e. The van der Waals surface area contributed by atoms with Crippen molar-refractivity contribution in [3.63, 3.8) is 0 Å². The highest BCUT2D eigenvalue weighted by Crippen LogP contribution is 2.30. The summed E-state index contributed by atoms with van der Waals surface area (Å²) in [5, 5.41) is 9.67. The van der Waals surface area contributed by atoms with Crippen molar-refractivity contribution in [2.24, 2.45) is 5.92 Å². The molecule has 0 saturated carbocycles. The molecule has 0 aromatic heterocycles. The predicted octanol–water partition coefficient (Wildman–Crippen LogP) is 2.56. The molecular formula is C13H18O2. The van der Waals surface area contributed by atoms with Crippen molar-refractivity contribution in [2.45, 2.75) is 38.6 Å². The van der Waals surface area contributed by atoms with Gasteiger partial charge in [0.15, 0.2) is 6.29 Å². The first-order chi connectivity index (χ1) is 7.25. The van der Waals surface area contributed by atoms with Gasteiger partial charge in [0.2, 0.25) is 0 Å². The zero-order valence-corrected chi connectivity index (χ0v) is 9.10. The van der Waals surface area contributed by atoms with Crippen molar-refractivity contribution in [1.29, 1.82) is 0 Å². The highest BCUT2D eigenvalue weighted by molar-refractivity contribution is 5.21. The smallest absolute Gasteiger partial charge is 0.158 e. The minimum atomic E-state index is -0.572. The van der Waals surface area contributed by atoms with E-state index in [4.69, 9.17) is 4.74 Å². The molecule has 1 heterocycles. The topological polar surface area (TPSA) is 29.5 Å². The van der Waals surface area contributed by atoms with Gasteiger partial charge in [-0.3, -0.25) is 0 Å². The lowest BCUT2D eigenvalue weighted by molar-refractivity contribution is -0.0983. The van der Waals surface area contributed by atoms with Crippen LogP contribution in [0.4, 0.5) is 0 Å². The summed E-state index contributed by atoms with van der Waals surface area (Å²) >= 11 is 0. The molecule has 2 nitrogen and oxygen atoms in total. The summed E-state index contributed by atoms with van der Waals surface area (Å²) in [6.07, 6.45) is 12.9. The molecule has 3 atom stereocenters. The average molecular weight is 206 g/mol. The molecule has 15 heavy (non-hydrogen) atoms. The van der Waals surface area contributed by atoms with Crippen LogP contribution in [0.15, 0.2) is 36.0 Å². The van der Waals surface area contributed by atoms with Gasteiger partial charge in [0, 0.05) is 5.92 Å². The van der Waals surface area contributed by atoms with Crippen LogP contribution in [0.5, 0.6) is 0 Å². The Hall–Kier alpha value is -0.860. The molecule has 2 bridgehead atoms. The van der Waals surface area contributed by atoms with Gasteiger partial charge >= 0.3 is 0 Å². The largest absolute Gasteiger partial charge is 0.368 e. The maximum absolute atomic E-state index is 9.67. The molecule has 2 unspecified atom stereocenters. The van der Waals surface area contributed by atoms with Crippen LogP contribution in [0.1, 0.15) is 26.2 Å². The Morgan fingerprint density at radius 2 is 2.27 bits per heavy atom. The van der Waals surface area contributed by atoms with E-state index >= 15 is 0 Å². The summed E-state index contributed by atoms with van der Waals surface area (Å²) < 4.78 is 5.44. The van der Waals surface area contributed by atoms with E-state index in [0.29, 0.717) is 5.92 Å². The molecule has 1 aliphatic heterocycles. The average Bonchev–Trinajstić information content (AvgIpc) is 2.51. The second-order valence-electron chi connectivity index (χ2n) is 4.33. The molecular weight excluding hydrogens is 188 g/mol. The van der Waals surface area contributed by atoms with E-state index < -0.39 is 6.29 Å². The second-order valence-corrected chi connectivity index (χ2v) is 4.33. The van der Waals surface area contributed by atoms with Crippen molar-refractivity contribution in [3.8, 4) is 0 Å². The molecule has 0 radical (unpaired) electrons. The van der Waals surface area contributed by atoms with Crippen LogP contribution < -0.4 is 0 Å². The summed E-state index contributed by atoms with van der Waals surface area (Å²) in [4.78, 5) is 0. The molecule has 0 aromatic carbocycles. The van der Waals surface area contributed by atoms with Gasteiger partial charge in [-0.2, -0.15) is 0 Å². The van der Waals surface area contributed by atoms with Crippen molar-refractivity contribution in [3.05, 3.63) is 36.0 Å². The van der Waals surface area contributed by atoms with E-state index in [2.05, 4.69) is 19.1 Å². The van der Waals surface area contributed by atoms with E-state index in [1.54, 1.807) is 0 Å². The lowest BCUT2D eigenvalue weighted by Crippen LogP contribution is -2.14. The highest BCUT2D eigenvalue weighted by Gasteiger charge is 2.31. The third-order valence-electron chi connectivity index (χ3n) is 3.05. The normalized spacial score (nSPS) is 36.1. The molecule has 2 rings (SSSR count). The van der Waals surface area contributed by atoms with E-state index in [0.717, 1.165) is 19.3 Å². The minimum absolute atomic E-state index is 0.0908.